The van der Waals surface area contributed by atoms with Gasteiger partial charge in [0.15, 0.2) is 0 Å². The molecule has 2 rings (SSSR count). The van der Waals surface area contributed by atoms with Crippen LogP contribution in [0.2, 0.25) is 0 Å². The van der Waals surface area contributed by atoms with Crippen LogP contribution >= 0.6 is 11.8 Å². The summed E-state index contributed by atoms with van der Waals surface area (Å²) in [6.07, 6.45) is 1.92. The molecule has 1 heterocycles. The molecule has 1 fully saturated rings. The lowest BCUT2D eigenvalue weighted by molar-refractivity contribution is -0.115. The molecule has 5 heteroatoms. The van der Waals surface area contributed by atoms with Crippen molar-refractivity contribution in [2.75, 3.05) is 7.11 Å². The Bertz CT molecular complexity index is 675. The zero-order valence-corrected chi connectivity index (χ0v) is 16.3. The molecule has 0 unspecified atom stereocenters. The second kappa shape index (κ2) is 6.63. The molecule has 4 nitrogen and oxygen atoms in total. The Balaban J connectivity index is 2.49. The van der Waals surface area contributed by atoms with Gasteiger partial charge in [0.05, 0.1) is 4.91 Å². The van der Waals surface area contributed by atoms with E-state index in [0.29, 0.717) is 10.1 Å². The van der Waals surface area contributed by atoms with Crippen LogP contribution in [0.1, 0.15) is 58.2 Å². The molecule has 1 amide bonds. The second-order valence-electron chi connectivity index (χ2n) is 7.99. The zero-order valence-electron chi connectivity index (χ0n) is 15.5. The molecule has 1 aromatic rings. The van der Waals surface area contributed by atoms with E-state index in [-0.39, 0.29) is 16.7 Å². The van der Waals surface area contributed by atoms with E-state index in [2.05, 4.69) is 70.2 Å². The van der Waals surface area contributed by atoms with E-state index in [1.165, 1.54) is 30.0 Å². The highest BCUT2D eigenvalue weighted by Crippen LogP contribution is 2.32. The SMILES string of the molecule is CO/N=C1/NC(=O)/C(=C/c2cc(C(C)(C)C)cc(C(C)(C)C)c2)S1. The summed E-state index contributed by atoms with van der Waals surface area (Å²) in [6, 6.07) is 6.57. The average Bonchev–Trinajstić information content (AvgIpc) is 2.77. The van der Waals surface area contributed by atoms with E-state index in [1.54, 1.807) is 0 Å². The van der Waals surface area contributed by atoms with Crippen molar-refractivity contribution in [1.29, 1.82) is 0 Å². The van der Waals surface area contributed by atoms with E-state index in [9.17, 15) is 4.79 Å². The number of oxime groups is 1. The largest absolute Gasteiger partial charge is 0.397 e. The van der Waals surface area contributed by atoms with Gasteiger partial charge in [0.1, 0.15) is 7.11 Å². The molecule has 1 N–H and O–H groups in total. The molecular formula is C19H26N2O2S. The molecule has 1 aliphatic heterocycles. The maximum absolute atomic E-state index is 12.1. The van der Waals surface area contributed by atoms with Crippen LogP contribution in [0.25, 0.3) is 6.08 Å². The number of benzene rings is 1. The minimum atomic E-state index is -0.144. The zero-order chi connectivity index (χ0) is 18.1. The van der Waals surface area contributed by atoms with Gasteiger partial charge in [0, 0.05) is 0 Å². The summed E-state index contributed by atoms with van der Waals surface area (Å²) in [4.78, 5) is 17.4. The fraction of sp³-hybridized carbons (Fsp3) is 0.474. The molecule has 0 spiro atoms. The Kier molecular flexibility index (Phi) is 5.14. The van der Waals surface area contributed by atoms with Crippen LogP contribution in [0.15, 0.2) is 28.3 Å². The minimum absolute atomic E-state index is 0.0439. The summed E-state index contributed by atoms with van der Waals surface area (Å²) in [6.45, 7) is 13.2. The number of hydrogen-bond acceptors (Lipinski definition) is 4. The number of amidine groups is 1. The first kappa shape index (κ1) is 18.6. The van der Waals surface area contributed by atoms with Crippen molar-refractivity contribution < 1.29 is 9.63 Å². The molecule has 0 bridgehead atoms. The standard InChI is InChI=1S/C19H26N2O2S/c1-18(2,3)13-8-12(9-14(11-13)19(4,5)6)10-15-16(22)20-17(24-15)21-23-7/h8-11H,1-7H3,(H,20,21,22)/b15-10-. The van der Waals surface area contributed by atoms with Gasteiger partial charge in [-0.2, -0.15) is 0 Å². The smallest absolute Gasteiger partial charge is 0.264 e. The van der Waals surface area contributed by atoms with Crippen LogP contribution in [-0.2, 0) is 20.5 Å². The summed E-state index contributed by atoms with van der Waals surface area (Å²) in [7, 11) is 1.46. The molecule has 0 radical (unpaired) electrons. The number of hydrogen-bond donors (Lipinski definition) is 1. The number of nitrogens with zero attached hydrogens (tertiary/aromatic N) is 1. The third kappa shape index (κ3) is 4.41. The number of rotatable bonds is 2. The normalized spacial score (nSPS) is 19.0. The first-order valence-electron chi connectivity index (χ1n) is 7.99. The van der Waals surface area contributed by atoms with Gasteiger partial charge in [-0.1, -0.05) is 64.9 Å². The third-order valence-electron chi connectivity index (χ3n) is 3.81. The lowest BCUT2D eigenvalue weighted by Gasteiger charge is -2.25. The van der Waals surface area contributed by atoms with E-state index in [1.807, 2.05) is 6.08 Å². The highest BCUT2D eigenvalue weighted by Gasteiger charge is 2.25. The van der Waals surface area contributed by atoms with E-state index >= 15 is 0 Å². The third-order valence-corrected chi connectivity index (χ3v) is 4.70. The van der Waals surface area contributed by atoms with Gasteiger partial charge in [0.25, 0.3) is 5.91 Å². The predicted molar refractivity (Wildman–Crippen MR) is 102 cm³/mol. The van der Waals surface area contributed by atoms with Crippen molar-refractivity contribution in [3.05, 3.63) is 39.8 Å². The number of thioether (sulfide) groups is 1. The van der Waals surface area contributed by atoms with Gasteiger partial charge in [-0.3, -0.25) is 10.1 Å². The number of carbonyl (C=O) groups is 1. The van der Waals surface area contributed by atoms with E-state index < -0.39 is 0 Å². The van der Waals surface area contributed by atoms with Crippen LogP contribution in [-0.4, -0.2) is 18.2 Å². The first-order valence-corrected chi connectivity index (χ1v) is 8.80. The molecule has 0 aliphatic carbocycles. The fourth-order valence-corrected chi connectivity index (χ4v) is 3.11. The first-order chi connectivity index (χ1) is 11.0. The number of carbonyl (C=O) groups excluding carboxylic acids is 1. The Labute approximate surface area is 148 Å². The van der Waals surface area contributed by atoms with Crippen molar-refractivity contribution in [2.45, 2.75) is 52.4 Å². The number of amides is 1. The molecule has 0 aromatic heterocycles. The molecule has 24 heavy (non-hydrogen) atoms. The summed E-state index contributed by atoms with van der Waals surface area (Å²) in [5, 5.41) is 6.95. The van der Waals surface area contributed by atoms with Gasteiger partial charge < -0.3 is 4.84 Å². The number of nitrogens with one attached hydrogen (secondary N) is 1. The van der Waals surface area contributed by atoms with Crippen molar-refractivity contribution in [3.63, 3.8) is 0 Å². The van der Waals surface area contributed by atoms with Crippen molar-refractivity contribution >= 4 is 28.9 Å². The van der Waals surface area contributed by atoms with Crippen molar-refractivity contribution in [2.24, 2.45) is 5.16 Å². The van der Waals surface area contributed by atoms with Crippen LogP contribution < -0.4 is 5.32 Å². The van der Waals surface area contributed by atoms with Crippen LogP contribution in [0.3, 0.4) is 0 Å². The Hall–Kier alpha value is -1.75. The maximum Gasteiger partial charge on any atom is 0.264 e. The topological polar surface area (TPSA) is 50.7 Å². The highest BCUT2D eigenvalue weighted by molar-refractivity contribution is 8.18. The maximum atomic E-state index is 12.1. The average molecular weight is 346 g/mol. The minimum Gasteiger partial charge on any atom is -0.397 e. The van der Waals surface area contributed by atoms with Crippen molar-refractivity contribution in [1.82, 2.24) is 5.32 Å². The molecule has 1 saturated heterocycles. The predicted octanol–water partition coefficient (Wildman–Crippen LogP) is 4.40. The molecular weight excluding hydrogens is 320 g/mol. The monoisotopic (exact) mass is 346 g/mol. The van der Waals surface area contributed by atoms with E-state index in [4.69, 9.17) is 4.84 Å². The molecule has 1 aromatic carbocycles. The van der Waals surface area contributed by atoms with Gasteiger partial charge >= 0.3 is 0 Å². The van der Waals surface area contributed by atoms with Crippen molar-refractivity contribution in [3.8, 4) is 0 Å². The lowest BCUT2D eigenvalue weighted by Crippen LogP contribution is -2.19. The molecule has 0 atom stereocenters. The quantitative estimate of drug-likeness (QED) is 0.638. The van der Waals surface area contributed by atoms with Crippen LogP contribution in [0.4, 0.5) is 0 Å². The summed E-state index contributed by atoms with van der Waals surface area (Å²) >= 11 is 1.29. The Morgan fingerprint density at radius 3 is 2.04 bits per heavy atom. The molecule has 0 saturated carbocycles. The van der Waals surface area contributed by atoms with Gasteiger partial charge in [-0.25, -0.2) is 0 Å². The van der Waals surface area contributed by atoms with Gasteiger partial charge in [-0.05, 0) is 45.4 Å². The fourth-order valence-electron chi connectivity index (χ4n) is 2.31. The van der Waals surface area contributed by atoms with Gasteiger partial charge in [0.2, 0.25) is 5.17 Å². The lowest BCUT2D eigenvalue weighted by atomic mass is 9.79. The van der Waals surface area contributed by atoms with Crippen LogP contribution in [0, 0.1) is 0 Å². The van der Waals surface area contributed by atoms with Crippen LogP contribution in [0.5, 0.6) is 0 Å². The highest BCUT2D eigenvalue weighted by atomic mass is 32.2. The summed E-state index contributed by atoms with van der Waals surface area (Å²) in [5.41, 5.74) is 3.64. The van der Waals surface area contributed by atoms with Gasteiger partial charge in [-0.15, -0.1) is 0 Å². The molecule has 1 aliphatic rings. The summed E-state index contributed by atoms with van der Waals surface area (Å²) in [5.74, 6) is -0.144. The van der Waals surface area contributed by atoms with E-state index in [0.717, 1.165) is 5.56 Å². The summed E-state index contributed by atoms with van der Waals surface area (Å²) < 4.78 is 0. The second-order valence-corrected chi connectivity index (χ2v) is 9.02. The Morgan fingerprint density at radius 2 is 1.58 bits per heavy atom. The Morgan fingerprint density at radius 1 is 1.04 bits per heavy atom. The molecule has 130 valence electrons.